The molecule has 2 aromatic carbocycles. The standard InChI is InChI=1S/C21H20O6/c1-4-25-21(23)13(2)26-20-18(22)16-7-5-6-8-17(16)27-19(20)14-9-11-15(24-3)12-10-14/h5-13H,4H2,1-3H3/t13-/m0/s1. The van der Waals surface area contributed by atoms with E-state index in [0.717, 1.165) is 0 Å². The number of benzene rings is 2. The first kappa shape index (κ1) is 18.5. The number of methoxy groups -OCH3 is 1. The monoisotopic (exact) mass is 368 g/mol. The molecule has 0 unspecified atom stereocenters. The van der Waals surface area contributed by atoms with Crippen LogP contribution in [0.1, 0.15) is 13.8 Å². The Morgan fingerprint density at radius 2 is 1.81 bits per heavy atom. The molecular weight excluding hydrogens is 348 g/mol. The molecule has 0 aliphatic carbocycles. The van der Waals surface area contributed by atoms with E-state index in [2.05, 4.69) is 0 Å². The van der Waals surface area contributed by atoms with Gasteiger partial charge in [-0.15, -0.1) is 0 Å². The third-order valence-corrected chi connectivity index (χ3v) is 4.02. The van der Waals surface area contributed by atoms with Crippen LogP contribution in [0.5, 0.6) is 11.5 Å². The predicted octanol–water partition coefficient (Wildman–Crippen LogP) is 3.80. The molecule has 140 valence electrons. The molecule has 0 fully saturated rings. The smallest absolute Gasteiger partial charge is 0.347 e. The Morgan fingerprint density at radius 1 is 1.11 bits per heavy atom. The van der Waals surface area contributed by atoms with Gasteiger partial charge in [0.2, 0.25) is 11.2 Å². The Morgan fingerprint density at radius 3 is 2.48 bits per heavy atom. The number of para-hydroxylation sites is 1. The summed E-state index contributed by atoms with van der Waals surface area (Å²) in [4.78, 5) is 25.0. The summed E-state index contributed by atoms with van der Waals surface area (Å²) < 4.78 is 21.8. The van der Waals surface area contributed by atoms with E-state index in [1.165, 1.54) is 6.92 Å². The highest BCUT2D eigenvalue weighted by molar-refractivity contribution is 5.82. The fraction of sp³-hybridized carbons (Fsp3) is 0.238. The lowest BCUT2D eigenvalue weighted by molar-refractivity contribution is -0.150. The maximum atomic E-state index is 13.0. The molecule has 6 nitrogen and oxygen atoms in total. The minimum atomic E-state index is -0.953. The van der Waals surface area contributed by atoms with E-state index < -0.39 is 12.1 Å². The second-order valence-electron chi connectivity index (χ2n) is 5.83. The number of esters is 1. The van der Waals surface area contributed by atoms with Crippen LogP contribution >= 0.6 is 0 Å². The summed E-state index contributed by atoms with van der Waals surface area (Å²) in [6.07, 6.45) is -0.953. The van der Waals surface area contributed by atoms with Crippen LogP contribution in [0.25, 0.3) is 22.3 Å². The second-order valence-corrected chi connectivity index (χ2v) is 5.83. The molecule has 6 heteroatoms. The van der Waals surface area contributed by atoms with Crippen molar-refractivity contribution >= 4 is 16.9 Å². The van der Waals surface area contributed by atoms with Crippen molar-refractivity contribution in [3.8, 4) is 22.8 Å². The van der Waals surface area contributed by atoms with Gasteiger partial charge in [0.15, 0.2) is 11.9 Å². The lowest BCUT2D eigenvalue weighted by Crippen LogP contribution is -2.28. The van der Waals surface area contributed by atoms with E-state index >= 15 is 0 Å². The minimum Gasteiger partial charge on any atom is -0.497 e. The van der Waals surface area contributed by atoms with Crippen molar-refractivity contribution in [1.82, 2.24) is 0 Å². The van der Waals surface area contributed by atoms with Crippen molar-refractivity contribution in [2.45, 2.75) is 20.0 Å². The molecule has 0 aliphatic heterocycles. The average molecular weight is 368 g/mol. The molecule has 1 heterocycles. The van der Waals surface area contributed by atoms with Crippen LogP contribution in [0.3, 0.4) is 0 Å². The molecule has 3 aromatic rings. The van der Waals surface area contributed by atoms with Gasteiger partial charge in [-0.3, -0.25) is 4.79 Å². The normalized spacial score (nSPS) is 11.8. The summed E-state index contributed by atoms with van der Waals surface area (Å²) in [7, 11) is 1.57. The number of carbonyl (C=O) groups excluding carboxylic acids is 1. The molecule has 1 atom stereocenters. The molecule has 0 spiro atoms. The molecule has 0 aliphatic rings. The van der Waals surface area contributed by atoms with Gasteiger partial charge in [0, 0.05) is 5.56 Å². The van der Waals surface area contributed by atoms with Crippen LogP contribution in [-0.4, -0.2) is 25.8 Å². The van der Waals surface area contributed by atoms with Gasteiger partial charge in [-0.1, -0.05) is 12.1 Å². The van der Waals surface area contributed by atoms with Crippen molar-refractivity contribution < 1.29 is 23.4 Å². The summed E-state index contributed by atoms with van der Waals surface area (Å²) in [6, 6.07) is 13.9. The highest BCUT2D eigenvalue weighted by Crippen LogP contribution is 2.32. The number of rotatable bonds is 6. The zero-order valence-electron chi connectivity index (χ0n) is 15.4. The van der Waals surface area contributed by atoms with E-state index in [9.17, 15) is 9.59 Å². The maximum Gasteiger partial charge on any atom is 0.347 e. The summed E-state index contributed by atoms with van der Waals surface area (Å²) in [5, 5.41) is 0.376. The number of carbonyl (C=O) groups is 1. The fourth-order valence-corrected chi connectivity index (χ4v) is 2.65. The number of hydrogen-bond acceptors (Lipinski definition) is 6. The van der Waals surface area contributed by atoms with Crippen molar-refractivity contribution in [2.75, 3.05) is 13.7 Å². The number of fused-ring (bicyclic) bond motifs is 1. The quantitative estimate of drug-likeness (QED) is 0.616. The lowest BCUT2D eigenvalue weighted by Gasteiger charge is -2.16. The average Bonchev–Trinajstić information content (AvgIpc) is 2.70. The van der Waals surface area contributed by atoms with Gasteiger partial charge in [0.1, 0.15) is 11.3 Å². The Kier molecular flexibility index (Phi) is 5.45. The molecule has 0 saturated heterocycles. The largest absolute Gasteiger partial charge is 0.497 e. The minimum absolute atomic E-state index is 0.0283. The van der Waals surface area contributed by atoms with Gasteiger partial charge in [-0.2, -0.15) is 0 Å². The fourth-order valence-electron chi connectivity index (χ4n) is 2.65. The molecule has 0 bridgehead atoms. The summed E-state index contributed by atoms with van der Waals surface area (Å²) in [6.45, 7) is 3.46. The molecule has 0 radical (unpaired) electrons. The first-order valence-electron chi connectivity index (χ1n) is 8.58. The van der Waals surface area contributed by atoms with Gasteiger partial charge in [0.25, 0.3) is 0 Å². The Hall–Kier alpha value is -3.28. The van der Waals surface area contributed by atoms with E-state index in [0.29, 0.717) is 22.3 Å². The molecule has 1 aromatic heterocycles. The third-order valence-electron chi connectivity index (χ3n) is 4.02. The van der Waals surface area contributed by atoms with Crippen LogP contribution in [0.4, 0.5) is 0 Å². The van der Waals surface area contributed by atoms with Crippen LogP contribution in [0.15, 0.2) is 57.7 Å². The SMILES string of the molecule is CCOC(=O)[C@H](C)Oc1c(-c2ccc(OC)cc2)oc2ccccc2c1=O. The Labute approximate surface area is 156 Å². The van der Waals surface area contributed by atoms with E-state index in [1.54, 1.807) is 62.6 Å². The molecule has 0 saturated carbocycles. The molecule has 0 amide bonds. The summed E-state index contributed by atoms with van der Waals surface area (Å²) in [5.74, 6) is 0.340. The lowest BCUT2D eigenvalue weighted by atomic mass is 10.1. The number of ether oxygens (including phenoxy) is 3. The van der Waals surface area contributed by atoms with Gasteiger partial charge in [-0.25, -0.2) is 4.79 Å². The molecule has 3 rings (SSSR count). The van der Waals surface area contributed by atoms with Crippen molar-refractivity contribution in [3.05, 3.63) is 58.8 Å². The van der Waals surface area contributed by atoms with E-state index in [4.69, 9.17) is 18.6 Å². The van der Waals surface area contributed by atoms with Crippen LogP contribution < -0.4 is 14.9 Å². The van der Waals surface area contributed by atoms with Crippen molar-refractivity contribution in [3.63, 3.8) is 0 Å². The maximum absolute atomic E-state index is 13.0. The van der Waals surface area contributed by atoms with E-state index in [1.807, 2.05) is 0 Å². The van der Waals surface area contributed by atoms with E-state index in [-0.39, 0.29) is 23.5 Å². The highest BCUT2D eigenvalue weighted by Gasteiger charge is 2.23. The Bertz CT molecular complexity index is 1000. The topological polar surface area (TPSA) is 75.0 Å². The van der Waals surface area contributed by atoms with Crippen molar-refractivity contribution in [2.24, 2.45) is 0 Å². The molecular formula is C21H20O6. The van der Waals surface area contributed by atoms with Crippen molar-refractivity contribution in [1.29, 1.82) is 0 Å². The van der Waals surface area contributed by atoms with Crippen LogP contribution in [0.2, 0.25) is 0 Å². The Balaban J connectivity index is 2.14. The second kappa shape index (κ2) is 7.95. The zero-order chi connectivity index (χ0) is 19.4. The third kappa shape index (κ3) is 3.79. The molecule has 27 heavy (non-hydrogen) atoms. The van der Waals surface area contributed by atoms with Crippen LogP contribution in [0, 0.1) is 0 Å². The summed E-state index contributed by atoms with van der Waals surface area (Å²) in [5.41, 5.74) is 0.716. The van der Waals surface area contributed by atoms with Gasteiger partial charge < -0.3 is 18.6 Å². The summed E-state index contributed by atoms with van der Waals surface area (Å²) >= 11 is 0. The molecule has 0 N–H and O–H groups in total. The van der Waals surface area contributed by atoms with Gasteiger partial charge >= 0.3 is 5.97 Å². The number of hydrogen-bond donors (Lipinski definition) is 0. The first-order valence-corrected chi connectivity index (χ1v) is 8.58. The highest BCUT2D eigenvalue weighted by atomic mass is 16.6. The van der Waals surface area contributed by atoms with Crippen LogP contribution in [-0.2, 0) is 9.53 Å². The van der Waals surface area contributed by atoms with Gasteiger partial charge in [-0.05, 0) is 50.2 Å². The van der Waals surface area contributed by atoms with Gasteiger partial charge in [0.05, 0.1) is 19.1 Å². The zero-order valence-corrected chi connectivity index (χ0v) is 15.4. The predicted molar refractivity (Wildman–Crippen MR) is 101 cm³/mol. The first-order chi connectivity index (χ1) is 13.0.